The van der Waals surface area contributed by atoms with Crippen LogP contribution in [0, 0.1) is 11.8 Å². The van der Waals surface area contributed by atoms with E-state index >= 15 is 0 Å². The van der Waals surface area contributed by atoms with E-state index in [1.165, 1.54) is 64.2 Å². The first-order valence-electron chi connectivity index (χ1n) is 11.2. The van der Waals surface area contributed by atoms with Crippen LogP contribution in [0.25, 0.3) is 0 Å². The topological polar surface area (TPSA) is 12.4 Å². The van der Waals surface area contributed by atoms with Crippen LogP contribution >= 0.6 is 0 Å². The van der Waals surface area contributed by atoms with Crippen molar-refractivity contribution in [1.29, 1.82) is 0 Å². The molecule has 2 rings (SSSR count). The van der Waals surface area contributed by atoms with Crippen molar-refractivity contribution in [2.75, 3.05) is 0 Å². The van der Waals surface area contributed by atoms with Gasteiger partial charge in [0.25, 0.3) is 0 Å². The summed E-state index contributed by atoms with van der Waals surface area (Å²) >= 11 is 0. The van der Waals surface area contributed by atoms with Gasteiger partial charge in [-0.3, -0.25) is 4.99 Å². The van der Waals surface area contributed by atoms with Crippen molar-refractivity contribution >= 4 is 6.21 Å². The lowest BCUT2D eigenvalue weighted by molar-refractivity contribution is 0.408. The molecule has 1 aliphatic rings. The molecule has 1 unspecified atom stereocenters. The number of allylic oxidation sites excluding steroid dienone is 3. The van der Waals surface area contributed by atoms with Gasteiger partial charge in [0.15, 0.2) is 0 Å². The summed E-state index contributed by atoms with van der Waals surface area (Å²) in [5.74, 6) is 1.32. The molecule has 1 aromatic rings. The van der Waals surface area contributed by atoms with Crippen LogP contribution < -0.4 is 0 Å². The minimum Gasteiger partial charge on any atom is -0.269 e. The maximum atomic E-state index is 4.61. The van der Waals surface area contributed by atoms with Crippen LogP contribution in [0.2, 0.25) is 0 Å². The van der Waals surface area contributed by atoms with Crippen LogP contribution in [0.3, 0.4) is 0 Å². The molecule has 0 amide bonds. The Balaban J connectivity index is 1.95. The summed E-state index contributed by atoms with van der Waals surface area (Å²) in [5, 5.41) is 0. The maximum Gasteiger partial charge on any atom is 0.0259 e. The number of rotatable bonds is 12. The number of hydrogen-bond acceptors (Lipinski definition) is 1. The minimum atomic E-state index is 0.610. The SMILES string of the molecule is C/C=C\CCCCc1ccccc1CCC1C=NC=C(CCC)[C@H]1CCC. The van der Waals surface area contributed by atoms with Gasteiger partial charge < -0.3 is 0 Å². The molecule has 148 valence electrons. The molecule has 1 heteroatoms. The Kier molecular flexibility index (Phi) is 10.2. The monoisotopic (exact) mass is 365 g/mol. The van der Waals surface area contributed by atoms with Gasteiger partial charge in [0.2, 0.25) is 0 Å². The fraction of sp³-hybridized carbons (Fsp3) is 0.577. The molecule has 0 radical (unpaired) electrons. The summed E-state index contributed by atoms with van der Waals surface area (Å²) in [6.07, 6.45) is 21.2. The Bertz CT molecular complexity index is 623. The molecule has 0 N–H and O–H groups in total. The average Bonchev–Trinajstić information content (AvgIpc) is 2.69. The lowest BCUT2D eigenvalue weighted by Gasteiger charge is -2.29. The zero-order valence-electron chi connectivity index (χ0n) is 17.8. The van der Waals surface area contributed by atoms with E-state index in [4.69, 9.17) is 0 Å². The zero-order valence-corrected chi connectivity index (χ0v) is 17.8. The van der Waals surface area contributed by atoms with Gasteiger partial charge in [0, 0.05) is 18.3 Å². The third-order valence-electron chi connectivity index (χ3n) is 5.82. The molecular weight excluding hydrogens is 326 g/mol. The van der Waals surface area contributed by atoms with Gasteiger partial charge in [-0.15, -0.1) is 0 Å². The predicted molar refractivity (Wildman–Crippen MR) is 121 cm³/mol. The van der Waals surface area contributed by atoms with Gasteiger partial charge >= 0.3 is 0 Å². The zero-order chi connectivity index (χ0) is 19.3. The van der Waals surface area contributed by atoms with E-state index in [0.29, 0.717) is 11.8 Å². The first kappa shape index (κ1) is 21.7. The van der Waals surface area contributed by atoms with E-state index in [9.17, 15) is 0 Å². The third kappa shape index (κ3) is 7.13. The number of unbranched alkanes of at least 4 members (excludes halogenated alkanes) is 2. The Hall–Kier alpha value is -1.63. The second-order valence-electron chi connectivity index (χ2n) is 7.93. The first-order valence-corrected chi connectivity index (χ1v) is 11.2. The minimum absolute atomic E-state index is 0.610. The summed E-state index contributed by atoms with van der Waals surface area (Å²) < 4.78 is 0. The van der Waals surface area contributed by atoms with Crippen molar-refractivity contribution in [2.24, 2.45) is 16.8 Å². The molecule has 0 aromatic heterocycles. The molecule has 1 nitrogen and oxygen atoms in total. The second kappa shape index (κ2) is 12.7. The van der Waals surface area contributed by atoms with Crippen LogP contribution in [0.4, 0.5) is 0 Å². The molecule has 0 aliphatic carbocycles. The van der Waals surface area contributed by atoms with E-state index in [1.807, 2.05) is 0 Å². The van der Waals surface area contributed by atoms with Crippen LogP contribution in [0.15, 0.2) is 53.2 Å². The average molecular weight is 366 g/mol. The lowest BCUT2D eigenvalue weighted by atomic mass is 9.77. The van der Waals surface area contributed by atoms with Gasteiger partial charge in [0.05, 0.1) is 0 Å². The van der Waals surface area contributed by atoms with E-state index < -0.39 is 0 Å². The van der Waals surface area contributed by atoms with Crippen molar-refractivity contribution < 1.29 is 0 Å². The lowest BCUT2D eigenvalue weighted by Crippen LogP contribution is -2.22. The largest absolute Gasteiger partial charge is 0.269 e. The van der Waals surface area contributed by atoms with E-state index in [-0.39, 0.29) is 0 Å². The van der Waals surface area contributed by atoms with Crippen molar-refractivity contribution in [3.05, 3.63) is 59.3 Å². The Morgan fingerprint density at radius 2 is 1.70 bits per heavy atom. The summed E-state index contributed by atoms with van der Waals surface area (Å²) in [6, 6.07) is 9.10. The smallest absolute Gasteiger partial charge is 0.0259 e. The highest BCUT2D eigenvalue weighted by molar-refractivity contribution is 5.64. The Labute approximate surface area is 167 Å². The summed E-state index contributed by atoms with van der Waals surface area (Å²) in [7, 11) is 0. The fourth-order valence-electron chi connectivity index (χ4n) is 4.36. The molecule has 2 atom stereocenters. The molecule has 27 heavy (non-hydrogen) atoms. The fourth-order valence-corrected chi connectivity index (χ4v) is 4.36. The molecular formula is C26H39N. The summed E-state index contributed by atoms with van der Waals surface area (Å²) in [5.41, 5.74) is 4.70. The molecule has 1 aliphatic heterocycles. The van der Waals surface area contributed by atoms with Crippen molar-refractivity contribution in [3.8, 4) is 0 Å². The molecule has 0 bridgehead atoms. The van der Waals surface area contributed by atoms with Gasteiger partial charge in [-0.2, -0.15) is 0 Å². The predicted octanol–water partition coefficient (Wildman–Crippen LogP) is 7.71. The summed E-state index contributed by atoms with van der Waals surface area (Å²) in [6.45, 7) is 6.70. The van der Waals surface area contributed by atoms with E-state index in [0.717, 1.165) is 0 Å². The van der Waals surface area contributed by atoms with Gasteiger partial charge in [0.1, 0.15) is 0 Å². The highest BCUT2D eigenvalue weighted by Crippen LogP contribution is 2.33. The molecule has 1 aromatic carbocycles. The number of nitrogens with zero attached hydrogens (tertiary/aromatic N) is 1. The Morgan fingerprint density at radius 3 is 2.41 bits per heavy atom. The van der Waals surface area contributed by atoms with Gasteiger partial charge in [-0.25, -0.2) is 0 Å². The van der Waals surface area contributed by atoms with Crippen molar-refractivity contribution in [2.45, 2.75) is 85.0 Å². The van der Waals surface area contributed by atoms with Gasteiger partial charge in [-0.1, -0.05) is 63.1 Å². The summed E-state index contributed by atoms with van der Waals surface area (Å²) in [4.78, 5) is 4.61. The Morgan fingerprint density at radius 1 is 0.926 bits per heavy atom. The van der Waals surface area contributed by atoms with Crippen LogP contribution in [0.1, 0.15) is 83.3 Å². The molecule has 1 heterocycles. The van der Waals surface area contributed by atoms with Crippen molar-refractivity contribution in [3.63, 3.8) is 0 Å². The highest BCUT2D eigenvalue weighted by Gasteiger charge is 2.25. The van der Waals surface area contributed by atoms with Crippen LogP contribution in [-0.2, 0) is 12.8 Å². The molecule has 0 spiro atoms. The second-order valence-corrected chi connectivity index (χ2v) is 7.93. The van der Waals surface area contributed by atoms with E-state index in [1.54, 1.807) is 16.7 Å². The number of aryl methyl sites for hydroxylation is 2. The number of aliphatic imine (C=N–C) groups is 1. The van der Waals surface area contributed by atoms with Crippen molar-refractivity contribution in [1.82, 2.24) is 0 Å². The quantitative estimate of drug-likeness (QED) is 0.266. The maximum absolute atomic E-state index is 4.61. The number of hydrogen-bond donors (Lipinski definition) is 0. The standard InChI is InChI=1S/C26H39N/c1-4-7-8-9-10-15-22-16-11-12-17-23(22)18-19-25-21-27-20-24(13-5-2)26(25)14-6-3/h4,7,11-12,16-17,20-21,25-26H,5-6,8-10,13-15,18-19H2,1-3H3/b7-4-/t25?,26-/m1/s1. The van der Waals surface area contributed by atoms with Crippen LogP contribution in [0.5, 0.6) is 0 Å². The normalized spacial score (nSPS) is 19.6. The molecule has 0 saturated carbocycles. The number of benzene rings is 1. The molecule has 0 fully saturated rings. The van der Waals surface area contributed by atoms with Crippen LogP contribution in [-0.4, -0.2) is 6.21 Å². The third-order valence-corrected chi connectivity index (χ3v) is 5.82. The van der Waals surface area contributed by atoms with Gasteiger partial charge in [-0.05, 0) is 80.9 Å². The van der Waals surface area contributed by atoms with E-state index in [2.05, 4.69) is 74.6 Å². The molecule has 0 saturated heterocycles. The first-order chi connectivity index (χ1) is 13.3. The highest BCUT2D eigenvalue weighted by atomic mass is 14.7.